The van der Waals surface area contributed by atoms with E-state index in [1.165, 1.54) is 11.1 Å². The molecule has 0 N–H and O–H groups in total. The summed E-state index contributed by atoms with van der Waals surface area (Å²) in [6.07, 6.45) is 3.86. The van der Waals surface area contributed by atoms with Crippen LogP contribution in [0.1, 0.15) is 17.2 Å². The van der Waals surface area contributed by atoms with Gasteiger partial charge in [0.05, 0.1) is 6.04 Å². The second kappa shape index (κ2) is 8.95. The van der Waals surface area contributed by atoms with E-state index in [1.807, 2.05) is 30.7 Å². The van der Waals surface area contributed by atoms with Gasteiger partial charge in [-0.1, -0.05) is 65.8 Å². The zero-order valence-corrected chi connectivity index (χ0v) is 17.4. The van der Waals surface area contributed by atoms with E-state index in [4.69, 9.17) is 11.6 Å². The van der Waals surface area contributed by atoms with Gasteiger partial charge in [-0.05, 0) is 35.6 Å². The number of hydrogen-bond acceptors (Lipinski definition) is 5. The van der Waals surface area contributed by atoms with Crippen molar-refractivity contribution >= 4 is 29.2 Å². The van der Waals surface area contributed by atoms with Gasteiger partial charge in [-0.3, -0.25) is 4.90 Å². The van der Waals surface area contributed by atoms with Gasteiger partial charge in [-0.2, -0.15) is 0 Å². The maximum atomic E-state index is 6.13. The van der Waals surface area contributed by atoms with Crippen LogP contribution in [0.25, 0.3) is 0 Å². The standard InChI is InChI=1S/C22H23ClN4S/c1-28-22-24-12-11-20(25-22)26-13-15-27(16-14-26)21(17-5-3-2-4-6-17)18-7-9-19(23)10-8-18/h2-12,21H,13-16H2,1H3. The molecule has 144 valence electrons. The van der Waals surface area contributed by atoms with E-state index in [2.05, 4.69) is 62.2 Å². The Bertz CT molecular complexity index is 896. The highest BCUT2D eigenvalue weighted by Crippen LogP contribution is 2.31. The Morgan fingerprint density at radius 3 is 2.25 bits per heavy atom. The van der Waals surface area contributed by atoms with Crippen molar-refractivity contribution in [3.8, 4) is 0 Å². The summed E-state index contributed by atoms with van der Waals surface area (Å²) in [4.78, 5) is 13.8. The quantitative estimate of drug-likeness (QED) is 0.447. The summed E-state index contributed by atoms with van der Waals surface area (Å²) in [6.45, 7) is 3.84. The maximum Gasteiger partial charge on any atom is 0.189 e. The number of rotatable bonds is 5. The lowest BCUT2D eigenvalue weighted by Gasteiger charge is -2.40. The fourth-order valence-corrected chi connectivity index (χ4v) is 4.19. The van der Waals surface area contributed by atoms with E-state index >= 15 is 0 Å². The van der Waals surface area contributed by atoms with Crippen LogP contribution in [-0.2, 0) is 0 Å². The molecule has 1 atom stereocenters. The van der Waals surface area contributed by atoms with Crippen molar-refractivity contribution in [2.24, 2.45) is 0 Å². The first kappa shape index (κ1) is 19.2. The van der Waals surface area contributed by atoms with Gasteiger partial charge in [-0.15, -0.1) is 0 Å². The van der Waals surface area contributed by atoms with Crippen LogP contribution >= 0.6 is 23.4 Å². The van der Waals surface area contributed by atoms with Crippen molar-refractivity contribution in [1.82, 2.24) is 14.9 Å². The molecule has 0 aliphatic carbocycles. The van der Waals surface area contributed by atoms with Crippen LogP contribution in [0.15, 0.2) is 72.0 Å². The number of benzene rings is 2. The van der Waals surface area contributed by atoms with E-state index in [-0.39, 0.29) is 6.04 Å². The SMILES string of the molecule is CSc1nccc(N2CCN(C(c3ccccc3)c3ccc(Cl)cc3)CC2)n1. The molecule has 4 rings (SSSR count). The van der Waals surface area contributed by atoms with Crippen molar-refractivity contribution in [2.45, 2.75) is 11.2 Å². The van der Waals surface area contributed by atoms with Crippen molar-refractivity contribution in [1.29, 1.82) is 0 Å². The molecule has 2 aromatic carbocycles. The zero-order chi connectivity index (χ0) is 19.3. The average molecular weight is 411 g/mol. The van der Waals surface area contributed by atoms with Crippen LogP contribution in [0.4, 0.5) is 5.82 Å². The molecule has 1 saturated heterocycles. The number of aromatic nitrogens is 2. The Balaban J connectivity index is 1.54. The molecule has 2 heterocycles. The molecule has 0 radical (unpaired) electrons. The van der Waals surface area contributed by atoms with Crippen molar-refractivity contribution in [2.75, 3.05) is 37.3 Å². The first-order chi connectivity index (χ1) is 13.7. The molecular weight excluding hydrogens is 388 g/mol. The highest BCUT2D eigenvalue weighted by molar-refractivity contribution is 7.98. The summed E-state index contributed by atoms with van der Waals surface area (Å²) in [5.41, 5.74) is 2.58. The number of nitrogens with zero attached hydrogens (tertiary/aromatic N) is 4. The minimum absolute atomic E-state index is 0.229. The van der Waals surface area contributed by atoms with Crippen molar-refractivity contribution < 1.29 is 0 Å². The highest BCUT2D eigenvalue weighted by Gasteiger charge is 2.27. The first-order valence-corrected chi connectivity index (χ1v) is 11.0. The number of piperazine rings is 1. The second-order valence-corrected chi connectivity index (χ2v) is 8.00. The van der Waals surface area contributed by atoms with Crippen LogP contribution in [0.3, 0.4) is 0 Å². The lowest BCUT2D eigenvalue weighted by molar-refractivity contribution is 0.212. The summed E-state index contributed by atoms with van der Waals surface area (Å²) >= 11 is 7.70. The molecule has 1 aromatic heterocycles. The number of anilines is 1. The van der Waals surface area contributed by atoms with E-state index in [9.17, 15) is 0 Å². The summed E-state index contributed by atoms with van der Waals surface area (Å²) < 4.78 is 0. The fraction of sp³-hybridized carbons (Fsp3) is 0.273. The largest absolute Gasteiger partial charge is 0.354 e. The van der Waals surface area contributed by atoms with Crippen LogP contribution in [-0.4, -0.2) is 47.3 Å². The van der Waals surface area contributed by atoms with Gasteiger partial charge < -0.3 is 4.90 Å². The first-order valence-electron chi connectivity index (χ1n) is 9.41. The van der Waals surface area contributed by atoms with Crippen LogP contribution in [0.2, 0.25) is 5.02 Å². The van der Waals surface area contributed by atoms with Gasteiger partial charge in [0, 0.05) is 37.4 Å². The van der Waals surface area contributed by atoms with Crippen molar-refractivity contribution in [3.05, 3.63) is 83.0 Å². The molecule has 1 unspecified atom stereocenters. The second-order valence-electron chi connectivity index (χ2n) is 6.79. The van der Waals surface area contributed by atoms with Crippen LogP contribution in [0, 0.1) is 0 Å². The monoisotopic (exact) mass is 410 g/mol. The molecular formula is C22H23ClN4S. The van der Waals surface area contributed by atoms with Gasteiger partial charge in [0.2, 0.25) is 0 Å². The predicted octanol–water partition coefficient (Wildman–Crippen LogP) is 4.76. The smallest absolute Gasteiger partial charge is 0.189 e. The van der Waals surface area contributed by atoms with Crippen molar-refractivity contribution in [3.63, 3.8) is 0 Å². The van der Waals surface area contributed by atoms with E-state index in [1.54, 1.807) is 11.8 Å². The molecule has 4 nitrogen and oxygen atoms in total. The molecule has 28 heavy (non-hydrogen) atoms. The van der Waals surface area contributed by atoms with Gasteiger partial charge in [0.15, 0.2) is 5.16 Å². The molecule has 0 bridgehead atoms. The molecule has 0 spiro atoms. The highest BCUT2D eigenvalue weighted by atomic mass is 35.5. The summed E-state index contributed by atoms with van der Waals surface area (Å²) in [6, 6.07) is 21.2. The molecule has 0 amide bonds. The minimum atomic E-state index is 0.229. The van der Waals surface area contributed by atoms with Gasteiger partial charge >= 0.3 is 0 Å². The summed E-state index contributed by atoms with van der Waals surface area (Å²) in [5, 5.41) is 1.59. The van der Waals surface area contributed by atoms with E-state index in [0.717, 1.165) is 42.2 Å². The lowest BCUT2D eigenvalue weighted by Crippen LogP contribution is -2.48. The predicted molar refractivity (Wildman–Crippen MR) is 117 cm³/mol. The Hall–Kier alpha value is -2.08. The number of hydrogen-bond donors (Lipinski definition) is 0. The Kier molecular flexibility index (Phi) is 6.15. The topological polar surface area (TPSA) is 32.3 Å². The Morgan fingerprint density at radius 2 is 1.57 bits per heavy atom. The Morgan fingerprint density at radius 1 is 0.893 bits per heavy atom. The Labute approximate surface area is 175 Å². The molecule has 1 fully saturated rings. The number of halogens is 1. The molecule has 0 saturated carbocycles. The molecule has 1 aliphatic heterocycles. The molecule has 3 aromatic rings. The van der Waals surface area contributed by atoms with Gasteiger partial charge in [0.1, 0.15) is 5.82 Å². The number of thioether (sulfide) groups is 1. The normalized spacial score (nSPS) is 16.1. The summed E-state index contributed by atoms with van der Waals surface area (Å²) in [5.74, 6) is 1.02. The summed E-state index contributed by atoms with van der Waals surface area (Å²) in [7, 11) is 0. The maximum absolute atomic E-state index is 6.13. The zero-order valence-electron chi connectivity index (χ0n) is 15.8. The van der Waals surface area contributed by atoms with Gasteiger partial charge in [-0.25, -0.2) is 9.97 Å². The van der Waals surface area contributed by atoms with Gasteiger partial charge in [0.25, 0.3) is 0 Å². The lowest BCUT2D eigenvalue weighted by atomic mass is 9.96. The third-order valence-electron chi connectivity index (χ3n) is 5.11. The molecule has 1 aliphatic rings. The van der Waals surface area contributed by atoms with E-state index < -0.39 is 0 Å². The fourth-order valence-electron chi connectivity index (χ4n) is 3.71. The van der Waals surface area contributed by atoms with Crippen LogP contribution in [0.5, 0.6) is 0 Å². The van der Waals surface area contributed by atoms with E-state index in [0.29, 0.717) is 0 Å². The third-order valence-corrected chi connectivity index (χ3v) is 5.92. The third kappa shape index (κ3) is 4.32. The molecule has 6 heteroatoms. The average Bonchev–Trinajstić information content (AvgIpc) is 2.76. The van der Waals surface area contributed by atoms with Crippen LogP contribution < -0.4 is 4.90 Å². The minimum Gasteiger partial charge on any atom is -0.354 e.